The minimum absolute atomic E-state index is 0.460. The molecule has 0 aliphatic rings. The van der Waals surface area contributed by atoms with Crippen LogP contribution in [0.4, 0.5) is 0 Å². The van der Waals surface area contributed by atoms with E-state index >= 15 is 0 Å². The van der Waals surface area contributed by atoms with E-state index < -0.39 is 0 Å². The standard InChI is InChI=1S/C19H25NO/c1-4-20-14-18(16-8-6-5-7-9-16)13-17-12-15(2)10-11-19(17)21-3/h5-12,18,20H,4,13-14H2,1-3H3. The van der Waals surface area contributed by atoms with E-state index in [1.807, 2.05) is 0 Å². The zero-order valence-corrected chi connectivity index (χ0v) is 13.2. The fourth-order valence-corrected chi connectivity index (χ4v) is 2.68. The monoisotopic (exact) mass is 283 g/mol. The molecule has 1 atom stereocenters. The third kappa shape index (κ3) is 4.33. The summed E-state index contributed by atoms with van der Waals surface area (Å²) in [6.45, 7) is 6.26. The van der Waals surface area contributed by atoms with Gasteiger partial charge in [0.15, 0.2) is 0 Å². The van der Waals surface area contributed by atoms with Crippen molar-refractivity contribution in [2.45, 2.75) is 26.2 Å². The van der Waals surface area contributed by atoms with Crippen LogP contribution in [-0.4, -0.2) is 20.2 Å². The Morgan fingerprint density at radius 2 is 1.86 bits per heavy atom. The van der Waals surface area contributed by atoms with Gasteiger partial charge < -0.3 is 10.1 Å². The summed E-state index contributed by atoms with van der Waals surface area (Å²) >= 11 is 0. The molecule has 2 aromatic carbocycles. The van der Waals surface area contributed by atoms with Crippen molar-refractivity contribution in [1.82, 2.24) is 5.32 Å². The van der Waals surface area contributed by atoms with E-state index in [4.69, 9.17) is 4.74 Å². The summed E-state index contributed by atoms with van der Waals surface area (Å²) in [7, 11) is 1.75. The first-order valence-corrected chi connectivity index (χ1v) is 7.63. The van der Waals surface area contributed by atoms with E-state index in [-0.39, 0.29) is 0 Å². The topological polar surface area (TPSA) is 21.3 Å². The van der Waals surface area contributed by atoms with Crippen LogP contribution in [0.1, 0.15) is 29.5 Å². The van der Waals surface area contributed by atoms with E-state index in [0.717, 1.165) is 25.3 Å². The lowest BCUT2D eigenvalue weighted by molar-refractivity contribution is 0.407. The summed E-state index contributed by atoms with van der Waals surface area (Å²) < 4.78 is 5.52. The second-order valence-electron chi connectivity index (χ2n) is 5.43. The third-order valence-corrected chi connectivity index (χ3v) is 3.81. The van der Waals surface area contributed by atoms with E-state index in [1.165, 1.54) is 16.7 Å². The van der Waals surface area contributed by atoms with Crippen molar-refractivity contribution < 1.29 is 4.74 Å². The van der Waals surface area contributed by atoms with Gasteiger partial charge in [0.25, 0.3) is 0 Å². The van der Waals surface area contributed by atoms with Crippen molar-refractivity contribution in [2.75, 3.05) is 20.2 Å². The third-order valence-electron chi connectivity index (χ3n) is 3.81. The van der Waals surface area contributed by atoms with Crippen LogP contribution in [0, 0.1) is 6.92 Å². The molecule has 112 valence electrons. The van der Waals surface area contributed by atoms with Crippen LogP contribution in [0.5, 0.6) is 5.75 Å². The first-order valence-electron chi connectivity index (χ1n) is 7.63. The molecule has 0 spiro atoms. The lowest BCUT2D eigenvalue weighted by atomic mass is 9.91. The zero-order chi connectivity index (χ0) is 15.1. The normalized spacial score (nSPS) is 12.1. The largest absolute Gasteiger partial charge is 0.496 e. The Balaban J connectivity index is 2.24. The zero-order valence-electron chi connectivity index (χ0n) is 13.2. The average Bonchev–Trinajstić information content (AvgIpc) is 2.52. The molecular formula is C19H25NO. The molecule has 0 bridgehead atoms. The van der Waals surface area contributed by atoms with Gasteiger partial charge in [0, 0.05) is 12.5 Å². The van der Waals surface area contributed by atoms with Gasteiger partial charge in [-0.05, 0) is 37.1 Å². The van der Waals surface area contributed by atoms with Crippen LogP contribution in [0.25, 0.3) is 0 Å². The SMILES string of the molecule is CCNCC(Cc1cc(C)ccc1OC)c1ccccc1. The lowest BCUT2D eigenvalue weighted by Gasteiger charge is -2.20. The van der Waals surface area contributed by atoms with E-state index in [9.17, 15) is 0 Å². The summed E-state index contributed by atoms with van der Waals surface area (Å²) in [6.07, 6.45) is 0.988. The predicted octanol–water partition coefficient (Wildman–Crippen LogP) is 3.94. The lowest BCUT2D eigenvalue weighted by Crippen LogP contribution is -2.22. The van der Waals surface area contributed by atoms with Gasteiger partial charge in [0.2, 0.25) is 0 Å². The molecule has 0 saturated heterocycles. The number of rotatable bonds is 7. The average molecular weight is 283 g/mol. The van der Waals surface area contributed by atoms with Gasteiger partial charge in [-0.15, -0.1) is 0 Å². The molecule has 2 nitrogen and oxygen atoms in total. The van der Waals surface area contributed by atoms with E-state index in [2.05, 4.69) is 67.7 Å². The highest BCUT2D eigenvalue weighted by Crippen LogP contribution is 2.27. The van der Waals surface area contributed by atoms with Crippen LogP contribution in [0.3, 0.4) is 0 Å². The number of ether oxygens (including phenoxy) is 1. The molecule has 0 saturated carbocycles. The van der Waals surface area contributed by atoms with Crippen molar-refractivity contribution in [1.29, 1.82) is 0 Å². The highest BCUT2D eigenvalue weighted by Gasteiger charge is 2.14. The molecule has 0 heterocycles. The molecule has 0 amide bonds. The fourth-order valence-electron chi connectivity index (χ4n) is 2.68. The minimum atomic E-state index is 0.460. The van der Waals surface area contributed by atoms with Crippen molar-refractivity contribution in [3.8, 4) is 5.75 Å². The molecule has 0 aliphatic carbocycles. The highest BCUT2D eigenvalue weighted by molar-refractivity contribution is 5.38. The smallest absolute Gasteiger partial charge is 0.122 e. The van der Waals surface area contributed by atoms with Crippen molar-refractivity contribution in [3.63, 3.8) is 0 Å². The molecule has 0 aliphatic heterocycles. The second-order valence-corrected chi connectivity index (χ2v) is 5.43. The minimum Gasteiger partial charge on any atom is -0.496 e. The van der Waals surface area contributed by atoms with Crippen LogP contribution >= 0.6 is 0 Å². The van der Waals surface area contributed by atoms with Crippen molar-refractivity contribution >= 4 is 0 Å². The van der Waals surface area contributed by atoms with Gasteiger partial charge in [-0.2, -0.15) is 0 Å². The molecule has 0 radical (unpaired) electrons. The molecule has 2 heteroatoms. The Morgan fingerprint density at radius 3 is 2.52 bits per heavy atom. The Morgan fingerprint density at radius 1 is 1.10 bits per heavy atom. The molecular weight excluding hydrogens is 258 g/mol. The molecule has 2 rings (SSSR count). The maximum Gasteiger partial charge on any atom is 0.122 e. The Bertz CT molecular complexity index is 551. The maximum absolute atomic E-state index is 5.52. The first kappa shape index (κ1) is 15.6. The summed E-state index contributed by atoms with van der Waals surface area (Å²) in [5.74, 6) is 1.44. The van der Waals surface area contributed by atoms with E-state index in [1.54, 1.807) is 7.11 Å². The van der Waals surface area contributed by atoms with Gasteiger partial charge in [0.05, 0.1) is 7.11 Å². The number of hydrogen-bond donors (Lipinski definition) is 1. The second kappa shape index (κ2) is 7.84. The molecule has 21 heavy (non-hydrogen) atoms. The number of nitrogens with one attached hydrogen (secondary N) is 1. The van der Waals surface area contributed by atoms with Gasteiger partial charge in [0.1, 0.15) is 5.75 Å². The van der Waals surface area contributed by atoms with E-state index in [0.29, 0.717) is 5.92 Å². The van der Waals surface area contributed by atoms with Crippen LogP contribution in [0.2, 0.25) is 0 Å². The highest BCUT2D eigenvalue weighted by atomic mass is 16.5. The van der Waals surface area contributed by atoms with Crippen LogP contribution in [0.15, 0.2) is 48.5 Å². The molecule has 0 fully saturated rings. The number of hydrogen-bond acceptors (Lipinski definition) is 2. The number of methoxy groups -OCH3 is 1. The number of likely N-dealkylation sites (N-methyl/N-ethyl adjacent to an activating group) is 1. The quantitative estimate of drug-likeness (QED) is 0.831. The summed E-state index contributed by atoms with van der Waals surface area (Å²) in [6, 6.07) is 17.1. The Kier molecular flexibility index (Phi) is 5.82. The Labute approximate surface area is 128 Å². The molecule has 0 aromatic heterocycles. The molecule has 1 N–H and O–H groups in total. The summed E-state index contributed by atoms with van der Waals surface area (Å²) in [5, 5.41) is 3.48. The van der Waals surface area contributed by atoms with Gasteiger partial charge in [-0.25, -0.2) is 0 Å². The first-order chi connectivity index (χ1) is 10.2. The Hall–Kier alpha value is -1.80. The summed E-state index contributed by atoms with van der Waals surface area (Å²) in [4.78, 5) is 0. The molecule has 1 unspecified atom stereocenters. The number of benzene rings is 2. The van der Waals surface area contributed by atoms with Gasteiger partial charge in [-0.3, -0.25) is 0 Å². The van der Waals surface area contributed by atoms with Gasteiger partial charge in [-0.1, -0.05) is 55.0 Å². The van der Waals surface area contributed by atoms with Gasteiger partial charge >= 0.3 is 0 Å². The molecule has 2 aromatic rings. The van der Waals surface area contributed by atoms with Crippen LogP contribution in [-0.2, 0) is 6.42 Å². The fraction of sp³-hybridized carbons (Fsp3) is 0.368. The van der Waals surface area contributed by atoms with Crippen molar-refractivity contribution in [3.05, 3.63) is 65.2 Å². The van der Waals surface area contributed by atoms with Crippen molar-refractivity contribution in [2.24, 2.45) is 0 Å². The summed E-state index contributed by atoms with van der Waals surface area (Å²) in [5.41, 5.74) is 3.94. The van der Waals surface area contributed by atoms with Crippen LogP contribution < -0.4 is 10.1 Å². The number of aryl methyl sites for hydroxylation is 1. The maximum atomic E-state index is 5.52. The predicted molar refractivity (Wildman–Crippen MR) is 89.2 cm³/mol.